The summed E-state index contributed by atoms with van der Waals surface area (Å²) in [6, 6.07) is 0. The number of rotatable bonds is 2. The monoisotopic (exact) mass is 323 g/mol. The average Bonchev–Trinajstić information content (AvgIpc) is 3.01. The summed E-state index contributed by atoms with van der Waals surface area (Å²) in [6.07, 6.45) is 9.13. The lowest BCUT2D eigenvalue weighted by atomic mass is 9.61. The molecule has 0 N–H and O–H groups in total. The number of aryl methyl sites for hydroxylation is 1. The van der Waals surface area contributed by atoms with Crippen LogP contribution in [0.15, 0.2) is 22.5 Å². The third-order valence-corrected chi connectivity index (χ3v) is 6.49. The second kappa shape index (κ2) is 5.75. The van der Waals surface area contributed by atoms with Gasteiger partial charge in [-0.05, 0) is 86.8 Å². The van der Waals surface area contributed by atoms with Crippen LogP contribution in [0.3, 0.4) is 0 Å². The zero-order valence-electron chi connectivity index (χ0n) is 15.6. The molecule has 0 amide bonds. The van der Waals surface area contributed by atoms with E-state index < -0.39 is 0 Å². The number of fused-ring (bicyclic) bond motifs is 2. The van der Waals surface area contributed by atoms with Crippen LogP contribution < -0.4 is 0 Å². The van der Waals surface area contributed by atoms with Gasteiger partial charge in [0.25, 0.3) is 0 Å². The smallest absolute Gasteiger partial charge is 0.182 e. The van der Waals surface area contributed by atoms with Crippen LogP contribution in [-0.4, -0.2) is 4.98 Å². The minimum atomic E-state index is 0.584. The second-order valence-corrected chi connectivity index (χ2v) is 8.41. The molecule has 0 aliphatic heterocycles. The first-order chi connectivity index (χ1) is 11.5. The van der Waals surface area contributed by atoms with E-state index in [4.69, 9.17) is 4.42 Å². The molecule has 2 aromatic rings. The highest BCUT2D eigenvalue weighted by molar-refractivity contribution is 5.84. The lowest BCUT2D eigenvalue weighted by molar-refractivity contribution is 0.317. The number of benzene rings is 1. The average molecular weight is 323 g/mol. The van der Waals surface area contributed by atoms with E-state index >= 15 is 0 Å². The van der Waals surface area contributed by atoms with Gasteiger partial charge in [0.2, 0.25) is 0 Å². The number of hydrogen-bond donors (Lipinski definition) is 0. The fourth-order valence-corrected chi connectivity index (χ4v) is 5.33. The summed E-state index contributed by atoms with van der Waals surface area (Å²) in [4.78, 5) is 4.59. The molecule has 2 nitrogen and oxygen atoms in total. The van der Waals surface area contributed by atoms with Crippen molar-refractivity contribution in [2.24, 2.45) is 5.92 Å². The standard InChI is InChI=1S/C22H29NO/c1-12(2)6-8-16-10-14(4)17-9-7-13(3)18-20(17)19(16)15(5)21-22(18)24-11-23-21/h6,11,13-14,16-17H,7-10H2,1-5H3/t13-,14+,16-,17-/m1/s1. The third-order valence-electron chi connectivity index (χ3n) is 6.49. The Kier molecular flexibility index (Phi) is 3.82. The Morgan fingerprint density at radius 2 is 2.00 bits per heavy atom. The van der Waals surface area contributed by atoms with Gasteiger partial charge in [0, 0.05) is 5.56 Å². The minimum absolute atomic E-state index is 0.584. The van der Waals surface area contributed by atoms with Crippen LogP contribution in [0.25, 0.3) is 11.1 Å². The fourth-order valence-electron chi connectivity index (χ4n) is 5.33. The Morgan fingerprint density at radius 1 is 1.21 bits per heavy atom. The number of hydrogen-bond acceptors (Lipinski definition) is 2. The van der Waals surface area contributed by atoms with Crippen molar-refractivity contribution in [3.05, 3.63) is 40.3 Å². The quantitative estimate of drug-likeness (QED) is 0.582. The van der Waals surface area contributed by atoms with Crippen molar-refractivity contribution in [3.63, 3.8) is 0 Å². The zero-order chi connectivity index (χ0) is 17.0. The summed E-state index contributed by atoms with van der Waals surface area (Å²) < 4.78 is 5.89. The molecule has 2 heteroatoms. The highest BCUT2D eigenvalue weighted by Crippen LogP contribution is 2.55. The van der Waals surface area contributed by atoms with Gasteiger partial charge in [0.1, 0.15) is 5.52 Å². The molecule has 0 unspecified atom stereocenters. The van der Waals surface area contributed by atoms with Crippen molar-refractivity contribution in [1.29, 1.82) is 0 Å². The maximum atomic E-state index is 5.89. The van der Waals surface area contributed by atoms with Crippen molar-refractivity contribution in [2.75, 3.05) is 0 Å². The van der Waals surface area contributed by atoms with E-state index in [1.807, 2.05) is 0 Å². The van der Waals surface area contributed by atoms with Crippen LogP contribution in [0, 0.1) is 12.8 Å². The summed E-state index contributed by atoms with van der Waals surface area (Å²) in [5.74, 6) is 2.69. The van der Waals surface area contributed by atoms with Gasteiger partial charge in [-0.1, -0.05) is 25.5 Å². The summed E-state index contributed by atoms with van der Waals surface area (Å²) >= 11 is 0. The molecule has 0 saturated heterocycles. The first kappa shape index (κ1) is 15.9. The van der Waals surface area contributed by atoms with Crippen LogP contribution in [0.5, 0.6) is 0 Å². The van der Waals surface area contributed by atoms with Gasteiger partial charge in [-0.2, -0.15) is 0 Å². The molecule has 2 aliphatic rings. The van der Waals surface area contributed by atoms with Crippen molar-refractivity contribution in [1.82, 2.24) is 4.98 Å². The highest BCUT2D eigenvalue weighted by Gasteiger charge is 2.40. The summed E-state index contributed by atoms with van der Waals surface area (Å²) in [5, 5.41) is 0. The topological polar surface area (TPSA) is 26.0 Å². The molecule has 4 rings (SSSR count). The number of oxazole rings is 1. The van der Waals surface area contributed by atoms with Crippen LogP contribution in [0.4, 0.5) is 0 Å². The van der Waals surface area contributed by atoms with E-state index in [1.54, 1.807) is 17.5 Å². The molecular weight excluding hydrogens is 294 g/mol. The van der Waals surface area contributed by atoms with Gasteiger partial charge in [0.15, 0.2) is 12.0 Å². The molecule has 1 heterocycles. The Labute approximate surface area is 145 Å². The Hall–Kier alpha value is -1.57. The van der Waals surface area contributed by atoms with Crippen LogP contribution in [-0.2, 0) is 0 Å². The first-order valence-electron chi connectivity index (χ1n) is 9.51. The molecular formula is C22H29NO. The number of allylic oxidation sites excluding steroid dienone is 2. The molecule has 0 saturated carbocycles. The predicted molar refractivity (Wildman–Crippen MR) is 99.7 cm³/mol. The summed E-state index contributed by atoms with van der Waals surface area (Å²) in [5.41, 5.74) is 9.70. The van der Waals surface area contributed by atoms with Gasteiger partial charge >= 0.3 is 0 Å². The molecule has 24 heavy (non-hydrogen) atoms. The molecule has 128 valence electrons. The summed E-state index contributed by atoms with van der Waals surface area (Å²) in [7, 11) is 0. The normalized spacial score (nSPS) is 28.7. The maximum absolute atomic E-state index is 5.89. The van der Waals surface area contributed by atoms with E-state index in [0.717, 1.165) is 23.4 Å². The van der Waals surface area contributed by atoms with Crippen LogP contribution >= 0.6 is 0 Å². The van der Waals surface area contributed by atoms with Crippen molar-refractivity contribution >= 4 is 11.1 Å². The Morgan fingerprint density at radius 3 is 2.75 bits per heavy atom. The van der Waals surface area contributed by atoms with Crippen LogP contribution in [0.2, 0.25) is 0 Å². The molecule has 0 bridgehead atoms. The summed E-state index contributed by atoms with van der Waals surface area (Å²) in [6.45, 7) is 11.5. The molecule has 0 radical (unpaired) electrons. The van der Waals surface area contributed by atoms with Gasteiger partial charge in [-0.3, -0.25) is 0 Å². The van der Waals surface area contributed by atoms with E-state index in [2.05, 4.69) is 45.7 Å². The zero-order valence-corrected chi connectivity index (χ0v) is 15.6. The largest absolute Gasteiger partial charge is 0.443 e. The van der Waals surface area contributed by atoms with Crippen LogP contribution in [0.1, 0.15) is 93.4 Å². The molecule has 0 spiro atoms. The first-order valence-corrected chi connectivity index (χ1v) is 9.51. The van der Waals surface area contributed by atoms with E-state index in [-0.39, 0.29) is 0 Å². The Bertz CT molecular complexity index is 809. The number of aromatic nitrogens is 1. The van der Waals surface area contributed by atoms with Gasteiger partial charge in [0.05, 0.1) is 0 Å². The minimum Gasteiger partial charge on any atom is -0.443 e. The number of nitrogens with zero attached hydrogens (tertiary/aromatic N) is 1. The molecule has 1 aromatic carbocycles. The SMILES string of the molecule is CC(C)=CC[C@@H]1C[C@H](C)[C@H]2CC[C@@H](C)c3c2c1c(C)c1ncoc31. The lowest BCUT2D eigenvalue weighted by Gasteiger charge is -2.43. The van der Waals surface area contributed by atoms with Crippen molar-refractivity contribution < 1.29 is 4.42 Å². The lowest BCUT2D eigenvalue weighted by Crippen LogP contribution is -2.28. The van der Waals surface area contributed by atoms with E-state index in [9.17, 15) is 0 Å². The van der Waals surface area contributed by atoms with Crippen molar-refractivity contribution in [3.8, 4) is 0 Å². The predicted octanol–water partition coefficient (Wildman–Crippen LogP) is 6.60. The fraction of sp³-hybridized carbons (Fsp3) is 0.591. The van der Waals surface area contributed by atoms with Gasteiger partial charge in [-0.15, -0.1) is 0 Å². The molecule has 1 aromatic heterocycles. The van der Waals surface area contributed by atoms with E-state index in [0.29, 0.717) is 17.8 Å². The van der Waals surface area contributed by atoms with Gasteiger partial charge in [-0.25, -0.2) is 4.98 Å². The van der Waals surface area contributed by atoms with Crippen molar-refractivity contribution in [2.45, 2.75) is 78.1 Å². The highest BCUT2D eigenvalue weighted by atomic mass is 16.3. The van der Waals surface area contributed by atoms with E-state index in [1.165, 1.54) is 36.0 Å². The third kappa shape index (κ3) is 2.26. The second-order valence-electron chi connectivity index (χ2n) is 8.41. The molecule has 0 fully saturated rings. The maximum Gasteiger partial charge on any atom is 0.182 e. The Balaban J connectivity index is 2.00. The van der Waals surface area contributed by atoms with Gasteiger partial charge < -0.3 is 4.42 Å². The molecule has 2 aliphatic carbocycles. The molecule has 4 atom stereocenters.